The van der Waals surface area contributed by atoms with Crippen LogP contribution in [-0.4, -0.2) is 63.9 Å². The largest absolute Gasteiger partial charge is 0.330 e. The smallest absolute Gasteiger partial charge is 0.311 e. The molecule has 8 nitrogen and oxygen atoms in total. The Bertz CT molecular complexity index is 610. The maximum absolute atomic E-state index is 12.5. The van der Waals surface area contributed by atoms with Crippen LogP contribution in [0.3, 0.4) is 0 Å². The van der Waals surface area contributed by atoms with Crippen LogP contribution in [0.4, 0.5) is 9.59 Å². The molecule has 0 spiro atoms. The Hall–Kier alpha value is -2.12. The van der Waals surface area contributed by atoms with Crippen LogP contribution in [-0.2, 0) is 9.59 Å². The predicted octanol–water partition coefficient (Wildman–Crippen LogP) is -0.0531. The number of urea groups is 2. The lowest BCUT2D eigenvalue weighted by atomic mass is 9.96. The van der Waals surface area contributed by atoms with Crippen molar-refractivity contribution in [2.45, 2.75) is 38.5 Å². The number of hydrogen-bond donors (Lipinski definition) is 1. The van der Waals surface area contributed by atoms with E-state index in [1.54, 1.807) is 6.92 Å². The normalized spacial score (nSPS) is 34.8. The zero-order chi connectivity index (χ0) is 17.2. The minimum absolute atomic E-state index is 0.509. The first-order chi connectivity index (χ1) is 9.83. The molecule has 0 aromatic heterocycles. The Balaban J connectivity index is 2.59. The molecule has 0 unspecified atom stereocenters. The van der Waals surface area contributed by atoms with Crippen LogP contribution in [0.2, 0.25) is 0 Å². The van der Waals surface area contributed by atoms with Gasteiger partial charge in [0.1, 0.15) is 5.78 Å². The van der Waals surface area contributed by atoms with Crippen molar-refractivity contribution in [2.24, 2.45) is 0 Å². The van der Waals surface area contributed by atoms with Crippen LogP contribution in [0.15, 0.2) is 0 Å². The Morgan fingerprint density at radius 1 is 1.25 bits per heavy atom. The van der Waals surface area contributed by atoms with Crippen molar-refractivity contribution in [3.8, 4) is 0 Å². The van der Waals surface area contributed by atoms with Gasteiger partial charge in [-0.05, 0) is 20.8 Å². The number of nitrogens with one attached hydrogen (secondary N) is 1. The number of rotatable bonds is 2. The van der Waals surface area contributed by atoms with Crippen LogP contribution < -0.4 is 5.32 Å². The summed E-state index contributed by atoms with van der Waals surface area (Å²) in [5.74, 6) is -2.30. The SMILES string of the molecule is [2H]C([2H])(C(C)=O)C(=O)N1C(=O)N(C)[C@]2(C)N(C)C(=O)N[C@]12C. The van der Waals surface area contributed by atoms with Crippen LogP contribution in [0.25, 0.3) is 0 Å². The van der Waals surface area contributed by atoms with E-state index >= 15 is 0 Å². The average molecular weight is 284 g/mol. The van der Waals surface area contributed by atoms with Crippen LogP contribution in [0.5, 0.6) is 0 Å². The summed E-state index contributed by atoms with van der Waals surface area (Å²) in [5.41, 5.74) is -2.70. The summed E-state index contributed by atoms with van der Waals surface area (Å²) in [5, 5.41) is 2.54. The number of fused-ring (bicyclic) bond motifs is 1. The molecule has 2 fully saturated rings. The molecular weight excluding hydrogens is 264 g/mol. The molecular formula is C12H18N4O4. The number of Topliss-reactive ketones (excluding diaryl/α,β-unsaturated/α-hetero) is 1. The zero-order valence-corrected chi connectivity index (χ0v) is 12.0. The van der Waals surface area contributed by atoms with Crippen molar-refractivity contribution in [1.82, 2.24) is 20.0 Å². The highest BCUT2D eigenvalue weighted by atomic mass is 16.2. The molecule has 0 bridgehead atoms. The van der Waals surface area contributed by atoms with E-state index in [2.05, 4.69) is 5.32 Å². The van der Waals surface area contributed by atoms with E-state index in [0.717, 1.165) is 6.92 Å². The molecule has 0 radical (unpaired) electrons. The van der Waals surface area contributed by atoms with Gasteiger partial charge in [-0.1, -0.05) is 0 Å². The van der Waals surface area contributed by atoms with E-state index in [9.17, 15) is 19.2 Å². The highest BCUT2D eigenvalue weighted by Gasteiger charge is 2.70. The lowest BCUT2D eigenvalue weighted by Gasteiger charge is -2.40. The van der Waals surface area contributed by atoms with Crippen molar-refractivity contribution >= 4 is 23.8 Å². The quantitative estimate of drug-likeness (QED) is 0.720. The molecule has 2 atom stereocenters. The third-order valence-electron chi connectivity index (χ3n) is 4.29. The van der Waals surface area contributed by atoms with Gasteiger partial charge in [-0.3, -0.25) is 9.59 Å². The standard InChI is InChI=1S/C12H18N4O4/c1-7(17)6-8(18)16-10(20)15(5)12(3)11(16,2)13-9(19)14(12)4/h6H2,1-5H3,(H,13,19)/t11-,12+/m1/s1/i6D2. The van der Waals surface area contributed by atoms with Gasteiger partial charge in [0.25, 0.3) is 0 Å². The number of likely N-dealkylation sites (N-methyl/N-ethyl adjacent to an activating group) is 2. The Morgan fingerprint density at radius 3 is 2.30 bits per heavy atom. The first-order valence-corrected chi connectivity index (χ1v) is 6.03. The van der Waals surface area contributed by atoms with Gasteiger partial charge in [-0.2, -0.15) is 0 Å². The van der Waals surface area contributed by atoms with Crippen LogP contribution >= 0.6 is 0 Å². The number of carbonyl (C=O) groups excluding carboxylic acids is 4. The second-order valence-corrected chi connectivity index (χ2v) is 5.25. The van der Waals surface area contributed by atoms with Gasteiger partial charge in [0.2, 0.25) is 5.91 Å². The number of hydrogen-bond acceptors (Lipinski definition) is 4. The summed E-state index contributed by atoms with van der Waals surface area (Å²) in [7, 11) is 2.88. The summed E-state index contributed by atoms with van der Waals surface area (Å²) in [6, 6.07) is -1.29. The molecule has 0 aliphatic carbocycles. The summed E-state index contributed by atoms with van der Waals surface area (Å²) in [6.07, 6.45) is -2.85. The van der Waals surface area contributed by atoms with Crippen molar-refractivity contribution < 1.29 is 21.9 Å². The maximum atomic E-state index is 12.5. The van der Waals surface area contributed by atoms with E-state index in [1.807, 2.05) is 0 Å². The number of nitrogens with zero attached hydrogens (tertiary/aromatic N) is 3. The lowest BCUT2D eigenvalue weighted by molar-refractivity contribution is -0.136. The summed E-state index contributed by atoms with van der Waals surface area (Å²) in [4.78, 5) is 51.4. The monoisotopic (exact) mass is 284 g/mol. The predicted molar refractivity (Wildman–Crippen MR) is 68.4 cm³/mol. The van der Waals surface area contributed by atoms with Gasteiger partial charge in [0, 0.05) is 16.8 Å². The minimum Gasteiger partial charge on any atom is -0.311 e. The number of carbonyl (C=O) groups is 4. The van der Waals surface area contributed by atoms with Crippen molar-refractivity contribution in [1.29, 1.82) is 0 Å². The molecule has 110 valence electrons. The first-order valence-electron chi connectivity index (χ1n) is 7.03. The molecule has 0 aromatic carbocycles. The highest BCUT2D eigenvalue weighted by Crippen LogP contribution is 2.44. The minimum atomic E-state index is -2.85. The van der Waals surface area contributed by atoms with Gasteiger partial charge in [0.05, 0.1) is 6.37 Å². The van der Waals surface area contributed by atoms with Gasteiger partial charge in [0.15, 0.2) is 11.3 Å². The van der Waals surface area contributed by atoms with E-state index in [-0.39, 0.29) is 0 Å². The second kappa shape index (κ2) is 3.94. The second-order valence-electron chi connectivity index (χ2n) is 5.25. The van der Waals surface area contributed by atoms with Crippen LogP contribution in [0.1, 0.15) is 29.9 Å². The first kappa shape index (κ1) is 11.7. The molecule has 0 saturated carbocycles. The van der Waals surface area contributed by atoms with Gasteiger partial charge in [-0.25, -0.2) is 14.5 Å². The third-order valence-corrected chi connectivity index (χ3v) is 4.29. The zero-order valence-electron chi connectivity index (χ0n) is 14.0. The van der Waals surface area contributed by atoms with Crippen molar-refractivity contribution in [2.75, 3.05) is 14.1 Å². The molecule has 2 saturated heterocycles. The summed E-state index contributed by atoms with van der Waals surface area (Å²) >= 11 is 0. The highest BCUT2D eigenvalue weighted by molar-refractivity contribution is 6.06. The third kappa shape index (κ3) is 1.41. The molecule has 2 aliphatic heterocycles. The van der Waals surface area contributed by atoms with Crippen molar-refractivity contribution in [3.05, 3.63) is 0 Å². The Labute approximate surface area is 119 Å². The van der Waals surface area contributed by atoms with Gasteiger partial charge in [-0.15, -0.1) is 0 Å². The number of ketones is 1. The van der Waals surface area contributed by atoms with Gasteiger partial charge >= 0.3 is 12.1 Å². The number of amides is 5. The van der Waals surface area contributed by atoms with Crippen molar-refractivity contribution in [3.63, 3.8) is 0 Å². The Kier molecular flexibility index (Phi) is 2.30. The average Bonchev–Trinajstić information content (AvgIpc) is 2.67. The fourth-order valence-corrected chi connectivity index (χ4v) is 2.78. The van der Waals surface area contributed by atoms with E-state index in [0.29, 0.717) is 4.90 Å². The fourth-order valence-electron chi connectivity index (χ4n) is 2.78. The topological polar surface area (TPSA) is 90.0 Å². The molecule has 5 amide bonds. The van der Waals surface area contributed by atoms with E-state index in [4.69, 9.17) is 2.74 Å². The molecule has 20 heavy (non-hydrogen) atoms. The molecule has 2 rings (SSSR count). The molecule has 0 aromatic rings. The van der Waals surface area contributed by atoms with E-state index in [1.165, 1.54) is 30.8 Å². The summed E-state index contributed by atoms with van der Waals surface area (Å²) in [6.45, 7) is 3.96. The van der Waals surface area contributed by atoms with Crippen LogP contribution in [0, 0.1) is 0 Å². The summed E-state index contributed by atoms with van der Waals surface area (Å²) < 4.78 is 15.3. The Morgan fingerprint density at radius 2 is 1.80 bits per heavy atom. The van der Waals surface area contributed by atoms with E-state index < -0.39 is 41.5 Å². The maximum Gasteiger partial charge on any atom is 0.330 e. The molecule has 2 heterocycles. The molecule has 8 heteroatoms. The molecule has 1 N–H and O–H groups in total. The lowest BCUT2D eigenvalue weighted by Crippen LogP contribution is -2.64. The number of imide groups is 1. The van der Waals surface area contributed by atoms with Gasteiger partial charge < -0.3 is 15.1 Å². The molecule has 2 aliphatic rings. The fraction of sp³-hybridized carbons (Fsp3) is 0.667.